The molecule has 110 valence electrons. The summed E-state index contributed by atoms with van der Waals surface area (Å²) in [6, 6.07) is 1.39. The highest BCUT2D eigenvalue weighted by molar-refractivity contribution is 5.94. The van der Waals surface area contributed by atoms with Crippen molar-refractivity contribution in [3.63, 3.8) is 0 Å². The molecule has 0 bridgehead atoms. The molecule has 0 atom stereocenters. The van der Waals surface area contributed by atoms with Gasteiger partial charge in [0.2, 0.25) is 0 Å². The first kappa shape index (κ1) is 14.8. The number of amides is 1. The lowest BCUT2D eigenvalue weighted by Gasteiger charge is -2.15. The van der Waals surface area contributed by atoms with Crippen LogP contribution >= 0.6 is 0 Å². The van der Waals surface area contributed by atoms with Crippen molar-refractivity contribution in [1.82, 2.24) is 5.32 Å². The summed E-state index contributed by atoms with van der Waals surface area (Å²) >= 11 is 0. The van der Waals surface area contributed by atoms with E-state index in [-0.39, 0.29) is 11.0 Å². The number of halogens is 3. The molecule has 1 N–H and O–H groups in total. The van der Waals surface area contributed by atoms with Gasteiger partial charge in [-0.3, -0.25) is 4.79 Å². The van der Waals surface area contributed by atoms with Gasteiger partial charge in [0.25, 0.3) is 5.91 Å². The Morgan fingerprint density at radius 1 is 1.30 bits per heavy atom. The maximum Gasteiger partial charge on any atom is 0.251 e. The molecular weight excluding hydrogens is 271 g/mol. The maximum atomic E-state index is 13.0. The molecule has 0 spiro atoms. The Balaban J connectivity index is 1.96. The van der Waals surface area contributed by atoms with E-state index in [4.69, 9.17) is 4.74 Å². The minimum Gasteiger partial charge on any atom is -0.385 e. The van der Waals surface area contributed by atoms with Crippen LogP contribution in [0.25, 0.3) is 0 Å². The fourth-order valence-electron chi connectivity index (χ4n) is 2.07. The third-order valence-electron chi connectivity index (χ3n) is 3.66. The summed E-state index contributed by atoms with van der Waals surface area (Å²) in [6.45, 7) is 1.03. The lowest BCUT2D eigenvalue weighted by atomic mass is 10.0. The topological polar surface area (TPSA) is 38.3 Å². The van der Waals surface area contributed by atoms with E-state index in [1.807, 2.05) is 0 Å². The van der Waals surface area contributed by atoms with Gasteiger partial charge >= 0.3 is 0 Å². The third kappa shape index (κ3) is 3.30. The molecule has 1 fully saturated rings. The maximum absolute atomic E-state index is 13.0. The first-order chi connectivity index (χ1) is 9.47. The van der Waals surface area contributed by atoms with Crippen LogP contribution in [0.5, 0.6) is 0 Å². The molecule has 1 aromatic rings. The van der Waals surface area contributed by atoms with Crippen LogP contribution in [-0.2, 0) is 4.74 Å². The first-order valence-corrected chi connectivity index (χ1v) is 6.39. The summed E-state index contributed by atoms with van der Waals surface area (Å²) in [7, 11) is 1.61. The van der Waals surface area contributed by atoms with Gasteiger partial charge in [0.15, 0.2) is 17.5 Å². The van der Waals surface area contributed by atoms with Crippen LogP contribution in [0, 0.1) is 22.9 Å². The molecule has 1 aliphatic rings. The molecule has 0 radical (unpaired) electrons. The highest BCUT2D eigenvalue weighted by Crippen LogP contribution is 2.48. The third-order valence-corrected chi connectivity index (χ3v) is 3.66. The van der Waals surface area contributed by atoms with Crippen molar-refractivity contribution >= 4 is 5.91 Å². The zero-order valence-corrected chi connectivity index (χ0v) is 11.1. The van der Waals surface area contributed by atoms with E-state index in [2.05, 4.69) is 5.32 Å². The predicted molar refractivity (Wildman–Crippen MR) is 66.8 cm³/mol. The number of benzene rings is 1. The van der Waals surface area contributed by atoms with Crippen LogP contribution in [0.15, 0.2) is 12.1 Å². The summed E-state index contributed by atoms with van der Waals surface area (Å²) in [4.78, 5) is 11.8. The molecule has 0 aliphatic heterocycles. The van der Waals surface area contributed by atoms with Gasteiger partial charge in [-0.05, 0) is 36.8 Å². The number of ether oxygens (including phenoxy) is 1. The van der Waals surface area contributed by atoms with Crippen LogP contribution in [0.3, 0.4) is 0 Å². The molecule has 1 aliphatic carbocycles. The number of carbonyl (C=O) groups excluding carboxylic acids is 1. The normalized spacial score (nSPS) is 16.0. The summed E-state index contributed by atoms with van der Waals surface area (Å²) in [5, 5.41) is 2.63. The van der Waals surface area contributed by atoms with Crippen LogP contribution in [0.1, 0.15) is 29.6 Å². The van der Waals surface area contributed by atoms with Crippen LogP contribution in [0.4, 0.5) is 13.2 Å². The predicted octanol–water partition coefficient (Wildman–Crippen LogP) is 2.65. The molecule has 1 saturated carbocycles. The SMILES string of the molecule is COCCC1(CNC(=O)c2cc(F)c(F)c(F)c2)CC1. The van der Waals surface area contributed by atoms with Gasteiger partial charge < -0.3 is 10.1 Å². The fraction of sp³-hybridized carbons (Fsp3) is 0.500. The van der Waals surface area contributed by atoms with Gasteiger partial charge in [-0.2, -0.15) is 0 Å². The van der Waals surface area contributed by atoms with E-state index < -0.39 is 23.4 Å². The van der Waals surface area contributed by atoms with Gasteiger partial charge in [0.1, 0.15) is 0 Å². The zero-order valence-electron chi connectivity index (χ0n) is 11.1. The van der Waals surface area contributed by atoms with E-state index in [0.29, 0.717) is 25.3 Å². The van der Waals surface area contributed by atoms with Gasteiger partial charge in [0, 0.05) is 25.8 Å². The molecule has 6 heteroatoms. The Labute approximate surface area is 115 Å². The second kappa shape index (κ2) is 5.83. The van der Waals surface area contributed by atoms with E-state index in [9.17, 15) is 18.0 Å². The van der Waals surface area contributed by atoms with Gasteiger partial charge in [-0.25, -0.2) is 13.2 Å². The van der Waals surface area contributed by atoms with Crippen molar-refractivity contribution < 1.29 is 22.7 Å². The molecule has 3 nitrogen and oxygen atoms in total. The van der Waals surface area contributed by atoms with Crippen molar-refractivity contribution in [3.8, 4) is 0 Å². The Hall–Kier alpha value is -1.56. The number of hydrogen-bond acceptors (Lipinski definition) is 2. The van der Waals surface area contributed by atoms with E-state index in [1.54, 1.807) is 7.11 Å². The molecular formula is C14H16F3NO2. The Morgan fingerprint density at radius 2 is 1.90 bits per heavy atom. The van der Waals surface area contributed by atoms with Crippen molar-refractivity contribution in [1.29, 1.82) is 0 Å². The summed E-state index contributed by atoms with van der Waals surface area (Å²) < 4.78 is 43.9. The van der Waals surface area contributed by atoms with E-state index in [0.717, 1.165) is 19.3 Å². The van der Waals surface area contributed by atoms with Crippen molar-refractivity contribution in [2.45, 2.75) is 19.3 Å². The molecule has 1 aromatic carbocycles. The second-order valence-corrected chi connectivity index (χ2v) is 5.18. The number of nitrogens with one attached hydrogen (secondary N) is 1. The Bertz CT molecular complexity index is 492. The largest absolute Gasteiger partial charge is 0.385 e. The van der Waals surface area contributed by atoms with E-state index >= 15 is 0 Å². The first-order valence-electron chi connectivity index (χ1n) is 6.39. The molecule has 1 amide bonds. The monoisotopic (exact) mass is 287 g/mol. The average molecular weight is 287 g/mol. The number of rotatable bonds is 6. The quantitative estimate of drug-likeness (QED) is 0.817. The number of carbonyl (C=O) groups is 1. The molecule has 0 aromatic heterocycles. The molecule has 0 unspecified atom stereocenters. The smallest absolute Gasteiger partial charge is 0.251 e. The number of hydrogen-bond donors (Lipinski definition) is 1. The minimum absolute atomic E-state index is 0.0305. The van der Waals surface area contributed by atoms with Gasteiger partial charge in [-0.15, -0.1) is 0 Å². The highest BCUT2D eigenvalue weighted by atomic mass is 19.2. The molecule has 2 rings (SSSR count). The minimum atomic E-state index is -1.57. The van der Waals surface area contributed by atoms with E-state index in [1.165, 1.54) is 0 Å². The molecule has 0 saturated heterocycles. The van der Waals surface area contributed by atoms with Crippen LogP contribution in [-0.4, -0.2) is 26.2 Å². The Kier molecular flexibility index (Phi) is 4.32. The van der Waals surface area contributed by atoms with Gasteiger partial charge in [0.05, 0.1) is 0 Å². The molecule has 20 heavy (non-hydrogen) atoms. The average Bonchev–Trinajstić information content (AvgIpc) is 3.20. The van der Waals surface area contributed by atoms with Crippen molar-refractivity contribution in [2.75, 3.05) is 20.3 Å². The zero-order chi connectivity index (χ0) is 14.8. The fourth-order valence-corrected chi connectivity index (χ4v) is 2.07. The van der Waals surface area contributed by atoms with Crippen LogP contribution < -0.4 is 5.32 Å². The lowest BCUT2D eigenvalue weighted by Crippen LogP contribution is -2.31. The van der Waals surface area contributed by atoms with Crippen LogP contribution in [0.2, 0.25) is 0 Å². The Morgan fingerprint density at radius 3 is 2.40 bits per heavy atom. The lowest BCUT2D eigenvalue weighted by molar-refractivity contribution is 0.0936. The summed E-state index contributed by atoms with van der Waals surface area (Å²) in [6.07, 6.45) is 2.81. The van der Waals surface area contributed by atoms with Gasteiger partial charge in [-0.1, -0.05) is 0 Å². The van der Waals surface area contributed by atoms with Crippen molar-refractivity contribution in [3.05, 3.63) is 35.1 Å². The standard InChI is InChI=1S/C14H16F3NO2/c1-20-5-4-14(2-3-14)8-18-13(19)9-6-10(15)12(17)11(16)7-9/h6-7H,2-5,8H2,1H3,(H,18,19). The summed E-state index contributed by atoms with van der Waals surface area (Å²) in [5.74, 6) is -4.90. The molecule has 0 heterocycles. The highest BCUT2D eigenvalue weighted by Gasteiger charge is 2.42. The number of methoxy groups -OCH3 is 1. The summed E-state index contributed by atoms with van der Waals surface area (Å²) in [5.41, 5.74) is -0.188. The van der Waals surface area contributed by atoms with Crippen molar-refractivity contribution in [2.24, 2.45) is 5.41 Å². The second-order valence-electron chi connectivity index (χ2n) is 5.18.